The Bertz CT molecular complexity index is 706. The lowest BCUT2D eigenvalue weighted by atomic mass is 9.79. The normalized spacial score (nSPS) is 11.9. The van der Waals surface area contributed by atoms with E-state index in [0.717, 1.165) is 16.9 Å². The summed E-state index contributed by atoms with van der Waals surface area (Å²) in [5.41, 5.74) is 9.17. The SMILES string of the molecule is Cc1cc(B(O)O)ccc1C=NN=C(N)SCc1ccccc1. The maximum Gasteiger partial charge on any atom is 0.488 e. The van der Waals surface area contributed by atoms with E-state index >= 15 is 0 Å². The summed E-state index contributed by atoms with van der Waals surface area (Å²) in [5, 5.41) is 26.6. The molecule has 0 atom stereocenters. The largest absolute Gasteiger partial charge is 0.488 e. The third kappa shape index (κ3) is 5.56. The molecule has 0 saturated heterocycles. The Morgan fingerprint density at radius 2 is 1.96 bits per heavy atom. The summed E-state index contributed by atoms with van der Waals surface area (Å²) in [7, 11) is -1.47. The monoisotopic (exact) mass is 327 g/mol. The summed E-state index contributed by atoms with van der Waals surface area (Å²) in [6.07, 6.45) is 1.60. The van der Waals surface area contributed by atoms with Crippen LogP contribution >= 0.6 is 11.8 Å². The first-order valence-electron chi connectivity index (χ1n) is 7.06. The number of rotatable bonds is 5. The maximum atomic E-state index is 9.12. The number of hydrogen-bond acceptors (Lipinski definition) is 5. The van der Waals surface area contributed by atoms with Gasteiger partial charge < -0.3 is 15.8 Å². The molecule has 7 heteroatoms. The van der Waals surface area contributed by atoms with Gasteiger partial charge in [0.25, 0.3) is 0 Å². The van der Waals surface area contributed by atoms with Crippen LogP contribution in [-0.2, 0) is 5.75 Å². The van der Waals surface area contributed by atoms with E-state index in [1.165, 1.54) is 17.3 Å². The van der Waals surface area contributed by atoms with Gasteiger partial charge in [0.15, 0.2) is 5.17 Å². The molecule has 5 nitrogen and oxygen atoms in total. The number of aryl methyl sites for hydroxylation is 1. The predicted octanol–water partition coefficient (Wildman–Crippen LogP) is 1.26. The van der Waals surface area contributed by atoms with Crippen molar-refractivity contribution in [3.05, 3.63) is 65.2 Å². The molecule has 0 saturated carbocycles. The zero-order chi connectivity index (χ0) is 16.7. The van der Waals surface area contributed by atoms with Gasteiger partial charge in [-0.2, -0.15) is 5.10 Å². The van der Waals surface area contributed by atoms with E-state index in [1.807, 2.05) is 37.3 Å². The molecule has 4 N–H and O–H groups in total. The minimum atomic E-state index is -1.47. The number of nitrogens with zero attached hydrogens (tertiary/aromatic N) is 2. The Balaban J connectivity index is 1.94. The lowest BCUT2D eigenvalue weighted by molar-refractivity contribution is 0.425. The second-order valence-electron chi connectivity index (χ2n) is 4.95. The van der Waals surface area contributed by atoms with Crippen LogP contribution in [0.25, 0.3) is 0 Å². The van der Waals surface area contributed by atoms with Crippen molar-refractivity contribution in [3.63, 3.8) is 0 Å². The van der Waals surface area contributed by atoms with Gasteiger partial charge in [-0.3, -0.25) is 0 Å². The number of thioether (sulfide) groups is 1. The molecule has 0 amide bonds. The van der Waals surface area contributed by atoms with Crippen LogP contribution in [0.3, 0.4) is 0 Å². The van der Waals surface area contributed by atoms with E-state index in [4.69, 9.17) is 15.8 Å². The molecule has 2 aromatic rings. The van der Waals surface area contributed by atoms with Crippen molar-refractivity contribution in [2.75, 3.05) is 0 Å². The molecule has 0 aliphatic rings. The molecule has 2 rings (SSSR count). The van der Waals surface area contributed by atoms with Crippen LogP contribution in [0, 0.1) is 6.92 Å². The predicted molar refractivity (Wildman–Crippen MR) is 98.0 cm³/mol. The number of hydrogen-bond donors (Lipinski definition) is 3. The van der Waals surface area contributed by atoms with E-state index < -0.39 is 7.12 Å². The Hall–Kier alpha value is -2.09. The highest BCUT2D eigenvalue weighted by atomic mass is 32.2. The van der Waals surface area contributed by atoms with E-state index in [-0.39, 0.29) is 0 Å². The molecule has 0 aromatic heterocycles. The van der Waals surface area contributed by atoms with Crippen LogP contribution in [0.5, 0.6) is 0 Å². The van der Waals surface area contributed by atoms with Gasteiger partial charge in [-0.15, -0.1) is 5.10 Å². The maximum absolute atomic E-state index is 9.12. The second-order valence-corrected chi connectivity index (χ2v) is 5.94. The highest BCUT2D eigenvalue weighted by Crippen LogP contribution is 2.11. The summed E-state index contributed by atoms with van der Waals surface area (Å²) < 4.78 is 0. The van der Waals surface area contributed by atoms with Gasteiger partial charge in [0.1, 0.15) is 0 Å². The van der Waals surface area contributed by atoms with Gasteiger partial charge in [-0.05, 0) is 29.1 Å². The standard InChI is InChI=1S/C16H18BN3O2S/c1-12-9-15(17(21)22)8-7-14(12)10-19-20-16(18)23-11-13-5-3-2-4-6-13/h2-10,21-22H,11H2,1H3,(H2,18,20). The first-order chi connectivity index (χ1) is 11.1. The van der Waals surface area contributed by atoms with Crippen molar-refractivity contribution in [1.82, 2.24) is 0 Å². The molecular formula is C16H18BN3O2S. The average molecular weight is 327 g/mol. The van der Waals surface area contributed by atoms with E-state index in [0.29, 0.717) is 10.6 Å². The molecule has 118 valence electrons. The van der Waals surface area contributed by atoms with Gasteiger partial charge >= 0.3 is 7.12 Å². The Morgan fingerprint density at radius 3 is 2.61 bits per heavy atom. The first kappa shape index (κ1) is 17.3. The second kappa shape index (κ2) is 8.52. The van der Waals surface area contributed by atoms with Crippen LogP contribution in [0.2, 0.25) is 0 Å². The zero-order valence-corrected chi connectivity index (χ0v) is 13.6. The topological polar surface area (TPSA) is 91.2 Å². The molecule has 0 radical (unpaired) electrons. The number of benzene rings is 2. The molecule has 0 aliphatic heterocycles. The number of amidine groups is 1. The third-order valence-electron chi connectivity index (χ3n) is 3.17. The minimum absolute atomic E-state index is 0.394. The van der Waals surface area contributed by atoms with Crippen molar-refractivity contribution in [2.24, 2.45) is 15.9 Å². The molecule has 0 fully saturated rings. The van der Waals surface area contributed by atoms with Crippen molar-refractivity contribution in [3.8, 4) is 0 Å². The Labute approximate surface area is 140 Å². The smallest absolute Gasteiger partial charge is 0.423 e. The van der Waals surface area contributed by atoms with Crippen LogP contribution in [0.1, 0.15) is 16.7 Å². The lowest BCUT2D eigenvalue weighted by Gasteiger charge is -2.03. The van der Waals surface area contributed by atoms with E-state index in [1.54, 1.807) is 24.4 Å². The molecule has 0 spiro atoms. The number of nitrogens with two attached hydrogens (primary N) is 1. The fourth-order valence-electron chi connectivity index (χ4n) is 1.91. The molecular weight excluding hydrogens is 309 g/mol. The molecule has 23 heavy (non-hydrogen) atoms. The van der Waals surface area contributed by atoms with Crippen LogP contribution in [-0.4, -0.2) is 28.5 Å². The van der Waals surface area contributed by atoms with Crippen molar-refractivity contribution >= 4 is 35.7 Å². The fraction of sp³-hybridized carbons (Fsp3) is 0.125. The third-order valence-corrected chi connectivity index (χ3v) is 4.03. The average Bonchev–Trinajstić information content (AvgIpc) is 2.55. The van der Waals surface area contributed by atoms with Crippen LogP contribution in [0.4, 0.5) is 0 Å². The highest BCUT2D eigenvalue weighted by Gasteiger charge is 2.11. The van der Waals surface area contributed by atoms with Crippen LogP contribution in [0.15, 0.2) is 58.7 Å². The van der Waals surface area contributed by atoms with Crippen LogP contribution < -0.4 is 11.2 Å². The van der Waals surface area contributed by atoms with Gasteiger partial charge in [0.05, 0.1) is 6.21 Å². The summed E-state index contributed by atoms with van der Waals surface area (Å²) in [6, 6.07) is 15.1. The summed E-state index contributed by atoms with van der Waals surface area (Å²) >= 11 is 1.42. The van der Waals surface area contributed by atoms with Gasteiger partial charge in [0.2, 0.25) is 0 Å². The summed E-state index contributed by atoms with van der Waals surface area (Å²) in [6.45, 7) is 1.87. The van der Waals surface area contributed by atoms with Crippen molar-refractivity contribution in [1.29, 1.82) is 0 Å². The highest BCUT2D eigenvalue weighted by molar-refractivity contribution is 8.13. The van der Waals surface area contributed by atoms with Gasteiger partial charge in [-0.1, -0.05) is 60.3 Å². The summed E-state index contributed by atoms with van der Waals surface area (Å²) in [4.78, 5) is 0. The Kier molecular flexibility index (Phi) is 6.40. The molecule has 0 bridgehead atoms. The minimum Gasteiger partial charge on any atom is -0.423 e. The van der Waals surface area contributed by atoms with Crippen molar-refractivity contribution < 1.29 is 10.0 Å². The quantitative estimate of drug-likeness (QED) is 0.334. The zero-order valence-electron chi connectivity index (χ0n) is 12.8. The van der Waals surface area contributed by atoms with E-state index in [2.05, 4.69) is 10.2 Å². The molecule has 0 unspecified atom stereocenters. The Morgan fingerprint density at radius 1 is 1.22 bits per heavy atom. The van der Waals surface area contributed by atoms with E-state index in [9.17, 15) is 0 Å². The molecule has 0 heterocycles. The molecule has 2 aromatic carbocycles. The summed E-state index contributed by atoms with van der Waals surface area (Å²) in [5.74, 6) is 0.744. The van der Waals surface area contributed by atoms with Crippen molar-refractivity contribution in [2.45, 2.75) is 12.7 Å². The van der Waals surface area contributed by atoms with Gasteiger partial charge in [0, 0.05) is 5.75 Å². The lowest BCUT2D eigenvalue weighted by Crippen LogP contribution is -2.30. The fourth-order valence-corrected chi connectivity index (χ4v) is 2.52. The molecule has 0 aliphatic carbocycles. The first-order valence-corrected chi connectivity index (χ1v) is 8.04. The van der Waals surface area contributed by atoms with Gasteiger partial charge in [-0.25, -0.2) is 0 Å².